The third-order valence-corrected chi connectivity index (χ3v) is 5.99. The molecule has 0 saturated carbocycles. The first-order chi connectivity index (χ1) is 15.5. The van der Waals surface area contributed by atoms with E-state index >= 15 is 0 Å². The van der Waals surface area contributed by atoms with Crippen molar-refractivity contribution in [2.45, 2.75) is 64.8 Å². The summed E-state index contributed by atoms with van der Waals surface area (Å²) in [4.78, 5) is 25.3. The zero-order valence-electron chi connectivity index (χ0n) is 19.5. The molecule has 172 valence electrons. The van der Waals surface area contributed by atoms with Crippen LogP contribution in [0.25, 0.3) is 11.1 Å². The lowest BCUT2D eigenvalue weighted by molar-refractivity contribution is -0.123. The predicted octanol–water partition coefficient (Wildman–Crippen LogP) is 5.64. The fraction of sp³-hybridized carbons (Fsp3) is 0.481. The highest BCUT2D eigenvalue weighted by Crippen LogP contribution is 2.44. The van der Waals surface area contributed by atoms with Crippen LogP contribution in [-0.4, -0.2) is 31.2 Å². The maximum absolute atomic E-state index is 12.7. The fourth-order valence-electron chi connectivity index (χ4n) is 4.37. The highest BCUT2D eigenvalue weighted by molar-refractivity contribution is 5.85. The molecule has 0 aromatic heterocycles. The number of hydrogen-bond donors (Lipinski definition) is 2. The van der Waals surface area contributed by atoms with Crippen molar-refractivity contribution >= 4 is 12.0 Å². The quantitative estimate of drug-likeness (QED) is 0.448. The van der Waals surface area contributed by atoms with Crippen molar-refractivity contribution in [3.63, 3.8) is 0 Å². The molecule has 0 bridgehead atoms. The highest BCUT2D eigenvalue weighted by atomic mass is 16.5. The normalized spacial score (nSPS) is 13.4. The summed E-state index contributed by atoms with van der Waals surface area (Å²) < 4.78 is 5.63. The second kappa shape index (κ2) is 11.7. The average Bonchev–Trinajstić information content (AvgIpc) is 3.10. The van der Waals surface area contributed by atoms with E-state index in [2.05, 4.69) is 41.8 Å². The van der Waals surface area contributed by atoms with Gasteiger partial charge in [-0.3, -0.25) is 4.79 Å². The standard InChI is InChI=1S/C27H36N2O3/c1-4-5-6-11-16-28-26(30)25(17-19(2)3)29-27(31)32-18-24-22-14-9-7-12-20(22)21-13-8-10-15-23(21)24/h7-10,12-15,19,24-25H,4-6,11,16-18H2,1-3H3,(H,28,30)(H,29,31)/t25-/m0/s1. The lowest BCUT2D eigenvalue weighted by Crippen LogP contribution is -2.48. The third kappa shape index (κ3) is 6.12. The van der Waals surface area contributed by atoms with Crippen LogP contribution in [0.2, 0.25) is 0 Å². The zero-order valence-corrected chi connectivity index (χ0v) is 19.5. The van der Waals surface area contributed by atoms with Crippen LogP contribution < -0.4 is 10.6 Å². The Kier molecular flexibility index (Phi) is 8.72. The maximum atomic E-state index is 12.7. The Morgan fingerprint density at radius 2 is 1.56 bits per heavy atom. The monoisotopic (exact) mass is 436 g/mol. The van der Waals surface area contributed by atoms with Crippen LogP contribution in [0.1, 0.15) is 69.9 Å². The van der Waals surface area contributed by atoms with Crippen LogP contribution in [0.5, 0.6) is 0 Å². The number of unbranched alkanes of at least 4 members (excludes halogenated alkanes) is 3. The molecule has 2 amide bonds. The smallest absolute Gasteiger partial charge is 0.407 e. The summed E-state index contributed by atoms with van der Waals surface area (Å²) in [6.45, 7) is 7.13. The van der Waals surface area contributed by atoms with Gasteiger partial charge in [0.05, 0.1) is 0 Å². The first-order valence-electron chi connectivity index (χ1n) is 11.9. The van der Waals surface area contributed by atoms with Gasteiger partial charge in [-0.15, -0.1) is 0 Å². The van der Waals surface area contributed by atoms with Gasteiger partial charge in [-0.2, -0.15) is 0 Å². The van der Waals surface area contributed by atoms with Crippen molar-refractivity contribution in [3.05, 3.63) is 59.7 Å². The fourth-order valence-corrected chi connectivity index (χ4v) is 4.37. The second-order valence-electron chi connectivity index (χ2n) is 9.00. The van der Waals surface area contributed by atoms with E-state index in [1.165, 1.54) is 28.7 Å². The molecule has 1 aliphatic carbocycles. The van der Waals surface area contributed by atoms with Crippen LogP contribution in [0, 0.1) is 5.92 Å². The summed E-state index contributed by atoms with van der Waals surface area (Å²) >= 11 is 0. The maximum Gasteiger partial charge on any atom is 0.407 e. The van der Waals surface area contributed by atoms with Gasteiger partial charge in [-0.25, -0.2) is 4.79 Å². The lowest BCUT2D eigenvalue weighted by atomic mass is 9.98. The van der Waals surface area contributed by atoms with Crippen LogP contribution in [0.3, 0.4) is 0 Å². The largest absolute Gasteiger partial charge is 0.449 e. The topological polar surface area (TPSA) is 67.4 Å². The van der Waals surface area contributed by atoms with Gasteiger partial charge in [-0.05, 0) is 41.0 Å². The number of ether oxygens (including phenoxy) is 1. The minimum Gasteiger partial charge on any atom is -0.449 e. The molecule has 0 unspecified atom stereocenters. The molecule has 2 aromatic rings. The molecule has 32 heavy (non-hydrogen) atoms. The second-order valence-corrected chi connectivity index (χ2v) is 9.00. The summed E-state index contributed by atoms with van der Waals surface area (Å²) in [6.07, 6.45) is 4.42. The number of benzene rings is 2. The van der Waals surface area contributed by atoms with Crippen molar-refractivity contribution in [2.75, 3.05) is 13.2 Å². The molecule has 1 aliphatic rings. The Morgan fingerprint density at radius 1 is 0.938 bits per heavy atom. The first-order valence-corrected chi connectivity index (χ1v) is 11.9. The van der Waals surface area contributed by atoms with Crippen LogP contribution in [-0.2, 0) is 9.53 Å². The van der Waals surface area contributed by atoms with E-state index < -0.39 is 12.1 Å². The minimum absolute atomic E-state index is 0.00379. The molecule has 5 nitrogen and oxygen atoms in total. The van der Waals surface area contributed by atoms with E-state index in [1.54, 1.807) is 0 Å². The lowest BCUT2D eigenvalue weighted by Gasteiger charge is -2.21. The van der Waals surface area contributed by atoms with Gasteiger partial charge in [0.15, 0.2) is 0 Å². The Labute approximate surface area is 191 Å². The summed E-state index contributed by atoms with van der Waals surface area (Å²) in [5.74, 6) is 0.146. The summed E-state index contributed by atoms with van der Waals surface area (Å²) in [5.41, 5.74) is 4.73. The molecular weight excluding hydrogens is 400 g/mol. The van der Waals surface area contributed by atoms with Gasteiger partial charge in [0.2, 0.25) is 5.91 Å². The van der Waals surface area contributed by atoms with Crippen LogP contribution in [0.4, 0.5) is 4.79 Å². The zero-order chi connectivity index (χ0) is 22.9. The number of carbonyl (C=O) groups excluding carboxylic acids is 2. The molecule has 0 aliphatic heterocycles. The van der Waals surface area contributed by atoms with E-state index in [1.807, 2.05) is 38.1 Å². The Balaban J connectivity index is 1.58. The number of alkyl carbamates (subject to hydrolysis) is 1. The van der Waals surface area contributed by atoms with Crippen molar-refractivity contribution in [1.29, 1.82) is 0 Å². The Hall–Kier alpha value is -2.82. The molecule has 3 rings (SSSR count). The van der Waals surface area contributed by atoms with Crippen molar-refractivity contribution < 1.29 is 14.3 Å². The molecule has 1 atom stereocenters. The molecule has 0 radical (unpaired) electrons. The molecule has 2 N–H and O–H groups in total. The predicted molar refractivity (Wildman–Crippen MR) is 129 cm³/mol. The van der Waals surface area contributed by atoms with Gasteiger partial charge < -0.3 is 15.4 Å². The van der Waals surface area contributed by atoms with Gasteiger partial charge in [0, 0.05) is 12.5 Å². The molecular formula is C27H36N2O3. The Morgan fingerprint density at radius 3 is 2.16 bits per heavy atom. The van der Waals surface area contributed by atoms with E-state index in [4.69, 9.17) is 4.74 Å². The SMILES string of the molecule is CCCCCCNC(=O)[C@H](CC(C)C)NC(=O)OCC1c2ccccc2-c2ccccc21. The Bertz CT molecular complexity index is 864. The van der Waals surface area contributed by atoms with Crippen molar-refractivity contribution in [3.8, 4) is 11.1 Å². The number of fused-ring (bicyclic) bond motifs is 3. The molecule has 0 spiro atoms. The number of hydrogen-bond acceptors (Lipinski definition) is 3. The van der Waals surface area contributed by atoms with Crippen molar-refractivity contribution in [1.82, 2.24) is 10.6 Å². The van der Waals surface area contributed by atoms with Gasteiger partial charge in [0.25, 0.3) is 0 Å². The number of amides is 2. The van der Waals surface area contributed by atoms with Gasteiger partial charge in [-0.1, -0.05) is 88.6 Å². The van der Waals surface area contributed by atoms with Gasteiger partial charge >= 0.3 is 6.09 Å². The van der Waals surface area contributed by atoms with Gasteiger partial charge in [0.1, 0.15) is 12.6 Å². The summed E-state index contributed by atoms with van der Waals surface area (Å²) in [6, 6.07) is 15.9. The molecule has 2 aromatic carbocycles. The average molecular weight is 437 g/mol. The van der Waals surface area contributed by atoms with E-state index in [0.29, 0.717) is 13.0 Å². The van der Waals surface area contributed by atoms with Crippen molar-refractivity contribution in [2.24, 2.45) is 5.92 Å². The molecule has 0 fully saturated rings. The van der Waals surface area contributed by atoms with E-state index in [9.17, 15) is 9.59 Å². The van der Waals surface area contributed by atoms with E-state index in [0.717, 1.165) is 19.3 Å². The number of carbonyl (C=O) groups is 2. The highest BCUT2D eigenvalue weighted by Gasteiger charge is 2.29. The molecule has 0 saturated heterocycles. The third-order valence-electron chi connectivity index (χ3n) is 5.99. The van der Waals surface area contributed by atoms with Crippen LogP contribution in [0.15, 0.2) is 48.5 Å². The number of nitrogens with one attached hydrogen (secondary N) is 2. The minimum atomic E-state index is -0.586. The van der Waals surface area contributed by atoms with Crippen LogP contribution >= 0.6 is 0 Å². The molecule has 5 heteroatoms. The summed E-state index contributed by atoms with van der Waals surface area (Å²) in [5, 5.41) is 5.77. The molecule has 0 heterocycles. The first kappa shape index (κ1) is 23.8. The summed E-state index contributed by atoms with van der Waals surface area (Å²) in [7, 11) is 0. The number of rotatable bonds is 11. The van der Waals surface area contributed by atoms with E-state index in [-0.39, 0.29) is 24.3 Å².